The maximum atomic E-state index is 11.3. The molecule has 144 valence electrons. The van der Waals surface area contributed by atoms with Crippen LogP contribution in [0.3, 0.4) is 0 Å². The molecule has 1 aliphatic heterocycles. The van der Waals surface area contributed by atoms with Gasteiger partial charge in [-0.2, -0.15) is 0 Å². The lowest BCUT2D eigenvalue weighted by Crippen LogP contribution is -2.49. The van der Waals surface area contributed by atoms with E-state index < -0.39 is 0 Å². The number of hydrogen-bond acceptors (Lipinski definition) is 6. The summed E-state index contributed by atoms with van der Waals surface area (Å²) in [5.41, 5.74) is 2.05. The van der Waals surface area contributed by atoms with Gasteiger partial charge in [-0.15, -0.1) is 11.3 Å². The number of nitrogens with one attached hydrogen (secondary N) is 2. The molecule has 0 bridgehead atoms. The van der Waals surface area contributed by atoms with Crippen molar-refractivity contribution in [3.8, 4) is 16.2 Å². The van der Waals surface area contributed by atoms with E-state index in [0.717, 1.165) is 35.5 Å². The summed E-state index contributed by atoms with van der Waals surface area (Å²) in [4.78, 5) is 23.1. The Morgan fingerprint density at radius 3 is 2.93 bits per heavy atom. The van der Waals surface area contributed by atoms with Crippen LogP contribution >= 0.6 is 22.9 Å². The van der Waals surface area contributed by atoms with Crippen molar-refractivity contribution < 1.29 is 14.3 Å². The van der Waals surface area contributed by atoms with Crippen LogP contribution in [-0.2, 0) is 4.79 Å². The molecule has 1 aromatic heterocycles. The molecule has 0 aliphatic carbocycles. The molecule has 3 rings (SSSR count). The lowest BCUT2D eigenvalue weighted by molar-refractivity contribution is -0.109. The average Bonchev–Trinajstić information content (AvgIpc) is 2.95. The number of thiophene rings is 1. The van der Waals surface area contributed by atoms with Gasteiger partial charge in [0.15, 0.2) is 18.3 Å². The third kappa shape index (κ3) is 4.69. The van der Waals surface area contributed by atoms with Gasteiger partial charge in [-0.05, 0) is 50.9 Å². The van der Waals surface area contributed by atoms with E-state index in [2.05, 4.69) is 24.5 Å². The molecule has 27 heavy (non-hydrogen) atoms. The Balaban J connectivity index is 1.84. The highest BCUT2D eigenvalue weighted by atomic mass is 35.5. The van der Waals surface area contributed by atoms with Crippen molar-refractivity contribution in [2.75, 3.05) is 18.5 Å². The van der Waals surface area contributed by atoms with E-state index in [1.54, 1.807) is 0 Å². The summed E-state index contributed by atoms with van der Waals surface area (Å²) in [6.45, 7) is 5.28. The molecule has 7 heteroatoms. The van der Waals surface area contributed by atoms with Gasteiger partial charge in [0.2, 0.25) is 0 Å². The van der Waals surface area contributed by atoms with Gasteiger partial charge in [0, 0.05) is 17.3 Å². The monoisotopic (exact) mass is 406 g/mol. The summed E-state index contributed by atoms with van der Waals surface area (Å²) in [5, 5.41) is 7.50. The number of benzene rings is 1. The number of piperidine rings is 1. The molecular formula is C20H23ClN2O3S. The molecule has 2 N–H and O–H groups in total. The molecule has 5 nitrogen and oxygen atoms in total. The fraction of sp³-hybridized carbons (Fsp3) is 0.400. The van der Waals surface area contributed by atoms with Crippen molar-refractivity contribution in [3.63, 3.8) is 0 Å². The minimum absolute atomic E-state index is 0.119. The van der Waals surface area contributed by atoms with Crippen LogP contribution in [0.15, 0.2) is 24.3 Å². The van der Waals surface area contributed by atoms with Crippen molar-refractivity contribution in [3.05, 3.63) is 34.2 Å². The molecule has 0 radical (unpaired) electrons. The summed E-state index contributed by atoms with van der Waals surface area (Å²) in [7, 11) is 0. The SMILES string of the molecule is CC1(C)CC(Nc2cccc(-c3sc(C=O)c(OCC=O)c3Cl)c2)CCN1. The largest absolute Gasteiger partial charge is 0.483 e. The number of carbonyl (C=O) groups excluding carboxylic acids is 2. The summed E-state index contributed by atoms with van der Waals surface area (Å²) in [6, 6.07) is 8.38. The van der Waals surface area contributed by atoms with Crippen molar-refractivity contribution in [1.29, 1.82) is 0 Å². The van der Waals surface area contributed by atoms with E-state index in [-0.39, 0.29) is 17.9 Å². The number of rotatable bonds is 7. The number of aldehydes is 2. The van der Waals surface area contributed by atoms with E-state index in [4.69, 9.17) is 16.3 Å². The standard InChI is InChI=1S/C20H23ClN2O3S/c1-20(2)11-15(6-7-22-20)23-14-5-3-4-13(10-14)19-17(21)18(26-9-8-24)16(12-25)27-19/h3-5,8,10,12,15,22-23H,6-7,9,11H2,1-2H3. The van der Waals surface area contributed by atoms with E-state index in [1.807, 2.05) is 24.3 Å². The third-order valence-corrected chi connectivity index (χ3v) is 6.20. The lowest BCUT2D eigenvalue weighted by atomic mass is 9.89. The zero-order chi connectivity index (χ0) is 19.4. The fourth-order valence-electron chi connectivity index (χ4n) is 3.41. The molecule has 1 unspecified atom stereocenters. The molecule has 2 aromatic rings. The fourth-order valence-corrected chi connectivity index (χ4v) is 4.80. The number of ether oxygens (including phenoxy) is 1. The molecule has 1 atom stereocenters. The smallest absolute Gasteiger partial charge is 0.163 e. The second-order valence-electron chi connectivity index (χ2n) is 7.26. The van der Waals surface area contributed by atoms with Gasteiger partial charge in [-0.25, -0.2) is 0 Å². The molecule has 2 heterocycles. The normalized spacial score (nSPS) is 18.7. The Labute approximate surface area is 168 Å². The Morgan fingerprint density at radius 2 is 2.22 bits per heavy atom. The molecule has 0 saturated carbocycles. The van der Waals surface area contributed by atoms with Gasteiger partial charge >= 0.3 is 0 Å². The summed E-state index contributed by atoms with van der Waals surface area (Å²) in [5.74, 6) is 0.275. The van der Waals surface area contributed by atoms with Crippen molar-refractivity contribution in [2.45, 2.75) is 38.3 Å². The van der Waals surface area contributed by atoms with Crippen LogP contribution in [0.25, 0.3) is 10.4 Å². The Hall–Kier alpha value is -1.89. The van der Waals surface area contributed by atoms with Crippen molar-refractivity contribution in [2.24, 2.45) is 0 Å². The van der Waals surface area contributed by atoms with E-state index >= 15 is 0 Å². The molecule has 1 aromatic carbocycles. The van der Waals surface area contributed by atoms with E-state index in [0.29, 0.717) is 28.5 Å². The minimum atomic E-state index is -0.135. The van der Waals surface area contributed by atoms with Gasteiger partial charge in [0.1, 0.15) is 16.5 Å². The Bertz CT molecular complexity index is 835. The zero-order valence-electron chi connectivity index (χ0n) is 15.4. The van der Waals surface area contributed by atoms with Crippen molar-refractivity contribution in [1.82, 2.24) is 5.32 Å². The highest BCUT2D eigenvalue weighted by Crippen LogP contribution is 2.45. The van der Waals surface area contributed by atoms with Crippen LogP contribution < -0.4 is 15.4 Å². The number of anilines is 1. The Morgan fingerprint density at radius 1 is 1.41 bits per heavy atom. The van der Waals surface area contributed by atoms with Crippen LogP contribution in [0.5, 0.6) is 5.75 Å². The summed E-state index contributed by atoms with van der Waals surface area (Å²) >= 11 is 7.71. The number of hydrogen-bond donors (Lipinski definition) is 2. The maximum absolute atomic E-state index is 11.3. The van der Waals surface area contributed by atoms with Gasteiger partial charge in [-0.3, -0.25) is 9.59 Å². The first kappa shape index (κ1) is 19.9. The van der Waals surface area contributed by atoms with E-state index in [1.165, 1.54) is 11.3 Å². The minimum Gasteiger partial charge on any atom is -0.483 e. The third-order valence-electron chi connectivity index (χ3n) is 4.59. The van der Waals surface area contributed by atoms with Gasteiger partial charge in [0.25, 0.3) is 0 Å². The van der Waals surface area contributed by atoms with E-state index in [9.17, 15) is 9.59 Å². The highest BCUT2D eigenvalue weighted by Gasteiger charge is 2.27. The first-order chi connectivity index (χ1) is 12.9. The molecular weight excluding hydrogens is 384 g/mol. The molecule has 1 aliphatic rings. The average molecular weight is 407 g/mol. The predicted molar refractivity (Wildman–Crippen MR) is 110 cm³/mol. The van der Waals surface area contributed by atoms with Crippen molar-refractivity contribution >= 4 is 41.2 Å². The van der Waals surface area contributed by atoms with Crippen LogP contribution in [0.4, 0.5) is 5.69 Å². The second kappa shape index (κ2) is 8.42. The lowest BCUT2D eigenvalue weighted by Gasteiger charge is -2.37. The Kier molecular flexibility index (Phi) is 6.19. The number of halogens is 1. The zero-order valence-corrected chi connectivity index (χ0v) is 17.0. The predicted octanol–water partition coefficient (Wildman–Crippen LogP) is 4.40. The topological polar surface area (TPSA) is 67.4 Å². The van der Waals surface area contributed by atoms with Crippen LogP contribution in [0, 0.1) is 0 Å². The van der Waals surface area contributed by atoms with Crippen LogP contribution in [0.2, 0.25) is 5.02 Å². The molecule has 0 amide bonds. The summed E-state index contributed by atoms with van der Waals surface area (Å²) < 4.78 is 5.34. The quantitative estimate of drug-likeness (QED) is 0.667. The second-order valence-corrected chi connectivity index (χ2v) is 8.69. The molecule has 1 saturated heterocycles. The first-order valence-corrected chi connectivity index (χ1v) is 10.1. The first-order valence-electron chi connectivity index (χ1n) is 8.89. The molecule has 0 spiro atoms. The number of carbonyl (C=O) groups is 2. The van der Waals surface area contributed by atoms with Crippen LogP contribution in [-0.4, -0.2) is 37.3 Å². The summed E-state index contributed by atoms with van der Waals surface area (Å²) in [6.07, 6.45) is 3.44. The maximum Gasteiger partial charge on any atom is 0.163 e. The van der Waals surface area contributed by atoms with Gasteiger partial charge < -0.3 is 15.4 Å². The van der Waals surface area contributed by atoms with Gasteiger partial charge in [-0.1, -0.05) is 23.7 Å². The molecule has 1 fully saturated rings. The van der Waals surface area contributed by atoms with Crippen LogP contribution in [0.1, 0.15) is 36.4 Å². The highest BCUT2D eigenvalue weighted by molar-refractivity contribution is 7.18. The van der Waals surface area contributed by atoms with Gasteiger partial charge in [0.05, 0.1) is 4.88 Å².